The molecule has 1 amide bonds. The minimum atomic E-state index is -0.134. The summed E-state index contributed by atoms with van der Waals surface area (Å²) in [7, 11) is 0. The van der Waals surface area contributed by atoms with Gasteiger partial charge in [0.05, 0.1) is 5.54 Å². The van der Waals surface area contributed by atoms with Crippen LogP contribution in [0.1, 0.15) is 27.7 Å². The summed E-state index contributed by atoms with van der Waals surface area (Å²) in [6, 6.07) is 0. The van der Waals surface area contributed by atoms with Crippen molar-refractivity contribution in [3.63, 3.8) is 0 Å². The molecule has 0 aromatic heterocycles. The van der Waals surface area contributed by atoms with Gasteiger partial charge in [0.25, 0.3) is 0 Å². The minimum Gasteiger partial charge on any atom is -0.339 e. The Morgan fingerprint density at radius 1 is 1.31 bits per heavy atom. The monoisotopic (exact) mass is 184 g/mol. The van der Waals surface area contributed by atoms with Gasteiger partial charge in [-0.2, -0.15) is 0 Å². The van der Waals surface area contributed by atoms with E-state index in [4.69, 9.17) is 5.73 Å². The van der Waals surface area contributed by atoms with Crippen LogP contribution in [0.15, 0.2) is 0 Å². The van der Waals surface area contributed by atoms with Crippen LogP contribution in [0.25, 0.3) is 0 Å². The fourth-order valence-electron chi connectivity index (χ4n) is 1.55. The molecule has 0 saturated carbocycles. The van der Waals surface area contributed by atoms with Gasteiger partial charge in [-0.3, -0.25) is 4.79 Å². The first-order chi connectivity index (χ1) is 5.87. The van der Waals surface area contributed by atoms with Crippen LogP contribution in [0.5, 0.6) is 0 Å². The highest BCUT2D eigenvalue weighted by molar-refractivity contribution is 5.79. The lowest BCUT2D eigenvalue weighted by Crippen LogP contribution is -2.71. The average Bonchev–Trinajstić information content (AvgIpc) is 1.96. The lowest BCUT2D eigenvalue weighted by atomic mass is 9.80. The maximum atomic E-state index is 11.5. The lowest BCUT2D eigenvalue weighted by molar-refractivity contribution is -0.143. The molecule has 1 aliphatic rings. The summed E-state index contributed by atoms with van der Waals surface area (Å²) >= 11 is 0. The maximum absolute atomic E-state index is 11.5. The Hall–Kier alpha value is -0.570. The van der Waals surface area contributed by atoms with Crippen LogP contribution in [0.2, 0.25) is 0 Å². The average molecular weight is 184 g/mol. The molecule has 1 aliphatic heterocycles. The van der Waals surface area contributed by atoms with Crippen molar-refractivity contribution >= 4 is 5.91 Å². The molecular formula is C10H20N2O. The molecule has 0 aromatic carbocycles. The Morgan fingerprint density at radius 2 is 1.77 bits per heavy atom. The molecule has 0 aliphatic carbocycles. The Balaban J connectivity index is 2.45. The summed E-state index contributed by atoms with van der Waals surface area (Å²) in [5.41, 5.74) is 5.95. The predicted molar refractivity (Wildman–Crippen MR) is 53.2 cm³/mol. The number of likely N-dealkylation sites (tertiary alicyclic amines) is 1. The SMILES string of the molecule is CC(C)C(=O)N1CC(N)(C(C)C)C1. The van der Waals surface area contributed by atoms with Gasteiger partial charge in [-0.25, -0.2) is 0 Å². The summed E-state index contributed by atoms with van der Waals surface area (Å²) < 4.78 is 0. The first-order valence-electron chi connectivity index (χ1n) is 4.94. The quantitative estimate of drug-likeness (QED) is 0.691. The topological polar surface area (TPSA) is 46.3 Å². The molecule has 0 bridgehead atoms. The van der Waals surface area contributed by atoms with Crippen molar-refractivity contribution in [2.24, 2.45) is 17.6 Å². The van der Waals surface area contributed by atoms with Crippen LogP contribution in [-0.4, -0.2) is 29.4 Å². The fraction of sp³-hybridized carbons (Fsp3) is 0.900. The van der Waals surface area contributed by atoms with Gasteiger partial charge in [0.2, 0.25) is 5.91 Å². The highest BCUT2D eigenvalue weighted by Crippen LogP contribution is 2.27. The second-order valence-electron chi connectivity index (χ2n) is 4.74. The third-order valence-electron chi connectivity index (χ3n) is 2.93. The largest absolute Gasteiger partial charge is 0.339 e. The van der Waals surface area contributed by atoms with E-state index in [1.165, 1.54) is 0 Å². The van der Waals surface area contributed by atoms with Crippen molar-refractivity contribution in [3.05, 3.63) is 0 Å². The Kier molecular flexibility index (Phi) is 2.66. The van der Waals surface area contributed by atoms with Gasteiger partial charge in [-0.15, -0.1) is 0 Å². The van der Waals surface area contributed by atoms with Crippen LogP contribution in [0.3, 0.4) is 0 Å². The van der Waals surface area contributed by atoms with Gasteiger partial charge in [0.1, 0.15) is 0 Å². The first kappa shape index (κ1) is 10.5. The summed E-state index contributed by atoms with van der Waals surface area (Å²) in [4.78, 5) is 13.4. The maximum Gasteiger partial charge on any atom is 0.225 e. The molecule has 2 N–H and O–H groups in total. The van der Waals surface area contributed by atoms with Crippen molar-refractivity contribution < 1.29 is 4.79 Å². The van der Waals surface area contributed by atoms with Crippen molar-refractivity contribution in [2.75, 3.05) is 13.1 Å². The van der Waals surface area contributed by atoms with Crippen molar-refractivity contribution in [1.82, 2.24) is 4.90 Å². The number of amides is 1. The Morgan fingerprint density at radius 3 is 2.08 bits per heavy atom. The summed E-state index contributed by atoms with van der Waals surface area (Å²) in [5, 5.41) is 0. The van der Waals surface area contributed by atoms with Crippen molar-refractivity contribution in [3.8, 4) is 0 Å². The normalized spacial score (nSPS) is 20.7. The number of carbonyl (C=O) groups excluding carboxylic acids is 1. The van der Waals surface area contributed by atoms with Crippen LogP contribution in [0, 0.1) is 11.8 Å². The molecule has 1 fully saturated rings. The Labute approximate surface area is 80.3 Å². The number of hydrogen-bond acceptors (Lipinski definition) is 2. The molecule has 1 saturated heterocycles. The van der Waals surface area contributed by atoms with Crippen molar-refractivity contribution in [1.29, 1.82) is 0 Å². The number of rotatable bonds is 2. The summed E-state index contributed by atoms with van der Waals surface area (Å²) in [5.74, 6) is 0.766. The lowest BCUT2D eigenvalue weighted by Gasteiger charge is -2.50. The third kappa shape index (κ3) is 1.85. The molecule has 0 aromatic rings. The second-order valence-corrected chi connectivity index (χ2v) is 4.74. The molecule has 3 nitrogen and oxygen atoms in total. The van der Waals surface area contributed by atoms with Crippen LogP contribution < -0.4 is 5.73 Å². The van der Waals surface area contributed by atoms with Crippen molar-refractivity contribution in [2.45, 2.75) is 33.2 Å². The van der Waals surface area contributed by atoms with Gasteiger partial charge in [0, 0.05) is 19.0 Å². The smallest absolute Gasteiger partial charge is 0.225 e. The van der Waals surface area contributed by atoms with E-state index in [0.29, 0.717) is 5.92 Å². The zero-order valence-electron chi connectivity index (χ0n) is 9.00. The predicted octanol–water partition coefficient (Wildman–Crippen LogP) is 0.838. The highest BCUT2D eigenvalue weighted by atomic mass is 16.2. The summed E-state index contributed by atoms with van der Waals surface area (Å²) in [6.07, 6.45) is 0. The molecular weight excluding hydrogens is 164 g/mol. The van der Waals surface area contributed by atoms with Gasteiger partial charge in [0.15, 0.2) is 0 Å². The van der Waals surface area contributed by atoms with Crippen LogP contribution >= 0.6 is 0 Å². The molecule has 0 atom stereocenters. The number of carbonyl (C=O) groups is 1. The van der Waals surface area contributed by atoms with Crippen LogP contribution in [0.4, 0.5) is 0 Å². The molecule has 3 heteroatoms. The standard InChI is InChI=1S/C10H20N2O/c1-7(2)9(13)12-5-10(11,6-12)8(3)4/h7-8H,5-6,11H2,1-4H3. The third-order valence-corrected chi connectivity index (χ3v) is 2.93. The van der Waals surface area contributed by atoms with E-state index in [9.17, 15) is 4.79 Å². The molecule has 1 heterocycles. The van der Waals surface area contributed by atoms with Gasteiger partial charge >= 0.3 is 0 Å². The second kappa shape index (κ2) is 3.29. The number of hydrogen-bond donors (Lipinski definition) is 1. The Bertz CT molecular complexity index is 205. The zero-order chi connectivity index (χ0) is 10.2. The fourth-order valence-corrected chi connectivity index (χ4v) is 1.55. The molecule has 76 valence electrons. The van der Waals surface area contributed by atoms with Crippen LogP contribution in [-0.2, 0) is 4.79 Å². The zero-order valence-corrected chi connectivity index (χ0v) is 9.00. The molecule has 0 radical (unpaired) electrons. The van der Waals surface area contributed by atoms with E-state index < -0.39 is 0 Å². The minimum absolute atomic E-state index is 0.0942. The number of nitrogens with two attached hydrogens (primary N) is 1. The van der Waals surface area contributed by atoms with E-state index in [1.807, 2.05) is 18.7 Å². The van der Waals surface area contributed by atoms with Gasteiger partial charge in [-0.05, 0) is 5.92 Å². The van der Waals surface area contributed by atoms with E-state index in [-0.39, 0.29) is 17.4 Å². The van der Waals surface area contributed by atoms with E-state index in [1.54, 1.807) is 0 Å². The van der Waals surface area contributed by atoms with Gasteiger partial charge in [-0.1, -0.05) is 27.7 Å². The van der Waals surface area contributed by atoms with E-state index in [0.717, 1.165) is 13.1 Å². The first-order valence-corrected chi connectivity index (χ1v) is 4.94. The van der Waals surface area contributed by atoms with E-state index in [2.05, 4.69) is 13.8 Å². The highest BCUT2D eigenvalue weighted by Gasteiger charge is 2.44. The molecule has 0 unspecified atom stereocenters. The number of nitrogens with zero attached hydrogens (tertiary/aromatic N) is 1. The molecule has 0 spiro atoms. The van der Waals surface area contributed by atoms with Gasteiger partial charge < -0.3 is 10.6 Å². The summed E-state index contributed by atoms with van der Waals surface area (Å²) in [6.45, 7) is 9.51. The van der Waals surface area contributed by atoms with E-state index >= 15 is 0 Å². The molecule has 1 rings (SSSR count). The molecule has 13 heavy (non-hydrogen) atoms.